The van der Waals surface area contributed by atoms with E-state index in [0.717, 1.165) is 38.1 Å². The van der Waals surface area contributed by atoms with E-state index < -0.39 is 0 Å². The van der Waals surface area contributed by atoms with Gasteiger partial charge in [0.25, 0.3) is 0 Å². The number of hydrogen-bond donors (Lipinski definition) is 1. The van der Waals surface area contributed by atoms with E-state index in [-0.39, 0.29) is 11.4 Å². The van der Waals surface area contributed by atoms with E-state index in [1.807, 2.05) is 17.0 Å². The molecule has 2 aliphatic heterocycles. The fraction of sp³-hybridized carbons (Fsp3) is 0.650. The molecule has 1 N–H and O–H groups in total. The van der Waals surface area contributed by atoms with Gasteiger partial charge in [-0.25, -0.2) is 4.79 Å². The van der Waals surface area contributed by atoms with Crippen LogP contribution in [0, 0.1) is 0 Å². The number of carbonyl (C=O) groups excluding carboxylic acids is 1. The Hall–Kier alpha value is -1.75. The highest BCUT2D eigenvalue weighted by atomic mass is 16.5. The fourth-order valence-corrected chi connectivity index (χ4v) is 4.62. The quantitative estimate of drug-likeness (QED) is 0.914. The molecule has 2 atom stereocenters. The van der Waals surface area contributed by atoms with Crippen LogP contribution in [0.15, 0.2) is 24.3 Å². The van der Waals surface area contributed by atoms with Crippen molar-refractivity contribution in [2.75, 3.05) is 33.8 Å². The van der Waals surface area contributed by atoms with Crippen molar-refractivity contribution in [2.45, 2.75) is 49.6 Å². The van der Waals surface area contributed by atoms with Gasteiger partial charge in [0, 0.05) is 42.7 Å². The topological polar surface area (TPSA) is 44.8 Å². The Bertz CT molecular complexity index is 644. The first-order valence-electron chi connectivity index (χ1n) is 9.51. The van der Waals surface area contributed by atoms with Crippen LogP contribution in [0.3, 0.4) is 0 Å². The van der Waals surface area contributed by atoms with Crippen LogP contribution in [0.1, 0.15) is 37.7 Å². The predicted molar refractivity (Wildman–Crippen MR) is 98.1 cm³/mol. The average Bonchev–Trinajstić information content (AvgIpc) is 3.35. The lowest BCUT2D eigenvalue weighted by atomic mass is 9.95. The molecule has 1 aromatic carbocycles. The van der Waals surface area contributed by atoms with Gasteiger partial charge in [-0.1, -0.05) is 18.2 Å². The zero-order valence-corrected chi connectivity index (χ0v) is 15.3. The molecule has 5 heteroatoms. The van der Waals surface area contributed by atoms with E-state index in [1.54, 1.807) is 7.11 Å². The molecule has 136 valence electrons. The van der Waals surface area contributed by atoms with E-state index in [1.165, 1.54) is 18.4 Å². The molecule has 0 aromatic heterocycles. The second-order valence-electron chi connectivity index (χ2n) is 7.92. The molecule has 1 aliphatic carbocycles. The summed E-state index contributed by atoms with van der Waals surface area (Å²) >= 11 is 0. The normalized spacial score (nSPS) is 27.7. The van der Waals surface area contributed by atoms with Crippen LogP contribution in [0.4, 0.5) is 4.79 Å². The fourth-order valence-electron chi connectivity index (χ4n) is 4.62. The first kappa shape index (κ1) is 16.7. The number of likely N-dealkylation sites (N-methyl/N-ethyl adjacent to an activating group) is 1. The third-order valence-corrected chi connectivity index (χ3v) is 6.55. The Morgan fingerprint density at radius 1 is 1.24 bits per heavy atom. The van der Waals surface area contributed by atoms with Gasteiger partial charge in [-0.05, 0) is 45.2 Å². The Labute approximate surface area is 150 Å². The van der Waals surface area contributed by atoms with Gasteiger partial charge >= 0.3 is 6.03 Å². The number of carbonyl (C=O) groups is 1. The van der Waals surface area contributed by atoms with E-state index in [2.05, 4.69) is 29.4 Å². The maximum atomic E-state index is 12.8. The van der Waals surface area contributed by atoms with Crippen molar-refractivity contribution in [1.82, 2.24) is 15.1 Å². The number of hydrogen-bond acceptors (Lipinski definition) is 3. The minimum atomic E-state index is 0.0594. The molecule has 2 saturated heterocycles. The molecule has 2 amide bonds. The summed E-state index contributed by atoms with van der Waals surface area (Å²) in [5, 5.41) is 3.22. The van der Waals surface area contributed by atoms with Crippen molar-refractivity contribution < 1.29 is 9.53 Å². The molecular formula is C20H29N3O2. The average molecular weight is 343 g/mol. The number of benzene rings is 1. The van der Waals surface area contributed by atoms with Crippen LogP contribution in [0.2, 0.25) is 0 Å². The molecule has 1 aromatic rings. The highest BCUT2D eigenvalue weighted by Crippen LogP contribution is 2.50. The van der Waals surface area contributed by atoms with E-state index in [0.29, 0.717) is 18.6 Å². The van der Waals surface area contributed by atoms with Crippen molar-refractivity contribution in [3.05, 3.63) is 29.8 Å². The molecule has 3 fully saturated rings. The van der Waals surface area contributed by atoms with Crippen LogP contribution in [0.5, 0.6) is 5.75 Å². The Kier molecular flexibility index (Phi) is 4.36. The third-order valence-electron chi connectivity index (χ3n) is 6.55. The van der Waals surface area contributed by atoms with Gasteiger partial charge in [0.05, 0.1) is 7.11 Å². The minimum absolute atomic E-state index is 0.0594. The van der Waals surface area contributed by atoms with Crippen LogP contribution >= 0.6 is 0 Å². The number of methoxy groups -OCH3 is 1. The maximum absolute atomic E-state index is 12.8. The second-order valence-corrected chi connectivity index (χ2v) is 7.92. The SMILES string of the molecule is COc1ccccc1C1(CNC(=O)N2CCC3CCC(C2)N3C)CC1. The summed E-state index contributed by atoms with van der Waals surface area (Å²) in [4.78, 5) is 17.3. The Balaban J connectivity index is 1.39. The summed E-state index contributed by atoms with van der Waals surface area (Å²) in [6.07, 6.45) is 5.82. The highest BCUT2D eigenvalue weighted by Gasteiger charge is 2.46. The first-order chi connectivity index (χ1) is 12.1. The first-order valence-corrected chi connectivity index (χ1v) is 9.51. The van der Waals surface area contributed by atoms with Gasteiger partial charge in [0.15, 0.2) is 0 Å². The number of ether oxygens (including phenoxy) is 1. The summed E-state index contributed by atoms with van der Waals surface area (Å²) < 4.78 is 5.53. The maximum Gasteiger partial charge on any atom is 0.317 e. The second kappa shape index (κ2) is 6.52. The molecule has 5 nitrogen and oxygen atoms in total. The minimum Gasteiger partial charge on any atom is -0.496 e. The molecule has 2 unspecified atom stereocenters. The number of fused-ring (bicyclic) bond motifs is 2. The van der Waals surface area contributed by atoms with Gasteiger partial charge in [-0.15, -0.1) is 0 Å². The van der Waals surface area contributed by atoms with Gasteiger partial charge < -0.3 is 15.0 Å². The molecule has 2 bridgehead atoms. The Morgan fingerprint density at radius 2 is 2.00 bits per heavy atom. The molecule has 2 heterocycles. The molecule has 4 rings (SSSR count). The highest BCUT2D eigenvalue weighted by molar-refractivity contribution is 5.74. The molecule has 3 aliphatic rings. The lowest BCUT2D eigenvalue weighted by molar-refractivity contribution is 0.187. The summed E-state index contributed by atoms with van der Waals surface area (Å²) in [6, 6.07) is 9.49. The van der Waals surface area contributed by atoms with Crippen molar-refractivity contribution in [3.63, 3.8) is 0 Å². The summed E-state index contributed by atoms with van der Waals surface area (Å²) in [6.45, 7) is 2.44. The van der Waals surface area contributed by atoms with E-state index in [9.17, 15) is 4.79 Å². The van der Waals surface area contributed by atoms with Crippen LogP contribution < -0.4 is 10.1 Å². The number of amides is 2. The van der Waals surface area contributed by atoms with Gasteiger partial charge in [-0.3, -0.25) is 4.90 Å². The third kappa shape index (κ3) is 3.10. The smallest absolute Gasteiger partial charge is 0.317 e. The summed E-state index contributed by atoms with van der Waals surface area (Å²) in [7, 11) is 3.93. The van der Waals surface area contributed by atoms with Crippen LogP contribution in [-0.4, -0.2) is 61.7 Å². The molecular weight excluding hydrogens is 314 g/mol. The number of rotatable bonds is 4. The lowest BCUT2D eigenvalue weighted by Crippen LogP contribution is -2.46. The standard InChI is InChI=1S/C20H29N3O2/c1-22-15-7-8-16(22)13-23(12-9-15)19(24)21-14-20(10-11-20)17-5-3-4-6-18(17)25-2/h3-6,15-16H,7-14H2,1-2H3,(H,21,24). The zero-order chi connectivity index (χ0) is 17.4. The number of likely N-dealkylation sites (tertiary alicyclic amines) is 1. The molecule has 25 heavy (non-hydrogen) atoms. The number of para-hydroxylation sites is 1. The summed E-state index contributed by atoms with van der Waals surface area (Å²) in [5.74, 6) is 0.933. The van der Waals surface area contributed by atoms with Crippen LogP contribution in [-0.2, 0) is 5.41 Å². The van der Waals surface area contributed by atoms with E-state index in [4.69, 9.17) is 4.74 Å². The molecule has 0 radical (unpaired) electrons. The summed E-state index contributed by atoms with van der Waals surface area (Å²) in [5.41, 5.74) is 1.29. The molecule has 1 saturated carbocycles. The van der Waals surface area contributed by atoms with Crippen molar-refractivity contribution in [1.29, 1.82) is 0 Å². The zero-order valence-electron chi connectivity index (χ0n) is 15.3. The van der Waals surface area contributed by atoms with Crippen molar-refractivity contribution >= 4 is 6.03 Å². The number of nitrogens with one attached hydrogen (secondary N) is 1. The largest absolute Gasteiger partial charge is 0.496 e. The number of nitrogens with zero attached hydrogens (tertiary/aromatic N) is 2. The molecule has 0 spiro atoms. The Morgan fingerprint density at radius 3 is 2.76 bits per heavy atom. The predicted octanol–water partition coefficient (Wildman–Crippen LogP) is 2.60. The number of urea groups is 1. The van der Waals surface area contributed by atoms with Gasteiger partial charge in [0.1, 0.15) is 5.75 Å². The lowest BCUT2D eigenvalue weighted by Gasteiger charge is -2.27. The monoisotopic (exact) mass is 343 g/mol. The van der Waals surface area contributed by atoms with E-state index >= 15 is 0 Å². The van der Waals surface area contributed by atoms with Crippen molar-refractivity contribution in [2.24, 2.45) is 0 Å². The van der Waals surface area contributed by atoms with Gasteiger partial charge in [0.2, 0.25) is 0 Å². The van der Waals surface area contributed by atoms with Crippen LogP contribution in [0.25, 0.3) is 0 Å². The van der Waals surface area contributed by atoms with Crippen molar-refractivity contribution in [3.8, 4) is 5.75 Å². The van der Waals surface area contributed by atoms with Gasteiger partial charge in [-0.2, -0.15) is 0 Å².